The van der Waals surface area contributed by atoms with Gasteiger partial charge in [0.15, 0.2) is 5.43 Å². The number of fused-ring (bicyclic) bond motifs is 2. The first-order valence-electron chi connectivity index (χ1n) is 11.4. The van der Waals surface area contributed by atoms with E-state index in [1.54, 1.807) is 30.2 Å². The molecule has 0 bridgehead atoms. The van der Waals surface area contributed by atoms with Crippen molar-refractivity contribution in [3.63, 3.8) is 0 Å². The first-order valence-corrected chi connectivity index (χ1v) is 11.4. The van der Waals surface area contributed by atoms with E-state index in [1.165, 1.54) is 0 Å². The highest BCUT2D eigenvalue weighted by atomic mass is 16.5. The van der Waals surface area contributed by atoms with Gasteiger partial charge >= 0.3 is 0 Å². The fourth-order valence-electron chi connectivity index (χ4n) is 4.74. The van der Waals surface area contributed by atoms with Gasteiger partial charge in [0.05, 0.1) is 37.3 Å². The van der Waals surface area contributed by atoms with E-state index < -0.39 is 6.04 Å². The van der Waals surface area contributed by atoms with Crippen LogP contribution in [0.4, 0.5) is 0 Å². The van der Waals surface area contributed by atoms with Crippen molar-refractivity contribution in [1.29, 1.82) is 0 Å². The second-order valence-corrected chi connectivity index (χ2v) is 8.66. The highest BCUT2D eigenvalue weighted by Crippen LogP contribution is 2.38. The molecule has 7 nitrogen and oxygen atoms in total. The average Bonchev–Trinajstić information content (AvgIpc) is 3.12. The standard InChI is InChI=1S/C26H28N2O5/c1-17-4-6-18(7-5-17)23-22-24(29)20-9-8-19(31-2)16-21(20)33-25(22)26(30)28(23)11-3-10-27-12-14-32-15-13-27/h4-9,16,23H,3,10-15H2,1-2H3/t23-/m1/s1. The summed E-state index contributed by atoms with van der Waals surface area (Å²) >= 11 is 0. The van der Waals surface area contributed by atoms with Crippen LogP contribution in [0.15, 0.2) is 51.7 Å². The lowest BCUT2D eigenvalue weighted by Crippen LogP contribution is -2.38. The van der Waals surface area contributed by atoms with Crippen molar-refractivity contribution in [2.24, 2.45) is 0 Å². The van der Waals surface area contributed by atoms with Gasteiger partial charge in [0.1, 0.15) is 11.3 Å². The summed E-state index contributed by atoms with van der Waals surface area (Å²) in [4.78, 5) is 31.2. The summed E-state index contributed by atoms with van der Waals surface area (Å²) in [5.41, 5.74) is 2.67. The third kappa shape index (κ3) is 4.03. The van der Waals surface area contributed by atoms with E-state index in [0.717, 1.165) is 50.4 Å². The molecule has 1 amide bonds. The number of ether oxygens (including phenoxy) is 2. The Balaban J connectivity index is 1.53. The van der Waals surface area contributed by atoms with Gasteiger partial charge in [-0.3, -0.25) is 14.5 Å². The summed E-state index contributed by atoms with van der Waals surface area (Å²) in [6.07, 6.45) is 0.809. The van der Waals surface area contributed by atoms with E-state index in [0.29, 0.717) is 28.8 Å². The summed E-state index contributed by atoms with van der Waals surface area (Å²) in [6.45, 7) is 6.74. The molecule has 0 radical (unpaired) electrons. The van der Waals surface area contributed by atoms with E-state index in [-0.39, 0.29) is 17.1 Å². The third-order valence-corrected chi connectivity index (χ3v) is 6.55. The zero-order valence-corrected chi connectivity index (χ0v) is 19.0. The number of methoxy groups -OCH3 is 1. The molecule has 172 valence electrons. The van der Waals surface area contributed by atoms with Crippen LogP contribution in [0.3, 0.4) is 0 Å². The van der Waals surface area contributed by atoms with E-state index in [2.05, 4.69) is 4.90 Å². The first-order chi connectivity index (χ1) is 16.1. The number of carbonyl (C=O) groups excluding carboxylic acids is 1. The Labute approximate surface area is 192 Å². The van der Waals surface area contributed by atoms with E-state index in [1.807, 2.05) is 31.2 Å². The van der Waals surface area contributed by atoms with E-state index >= 15 is 0 Å². The number of rotatable bonds is 6. The molecule has 0 aliphatic carbocycles. The first kappa shape index (κ1) is 21.7. The van der Waals surface area contributed by atoms with Gasteiger partial charge in [-0.25, -0.2) is 0 Å². The Bertz CT molecular complexity index is 1230. The van der Waals surface area contributed by atoms with E-state index in [4.69, 9.17) is 13.9 Å². The van der Waals surface area contributed by atoms with Gasteiger partial charge in [0, 0.05) is 32.2 Å². The molecule has 0 N–H and O–H groups in total. The molecule has 1 fully saturated rings. The highest BCUT2D eigenvalue weighted by molar-refractivity contribution is 5.99. The predicted octanol–water partition coefficient (Wildman–Crippen LogP) is 3.38. The Kier molecular flexibility index (Phi) is 5.91. The second-order valence-electron chi connectivity index (χ2n) is 8.66. The second kappa shape index (κ2) is 9.00. The lowest BCUT2D eigenvalue weighted by Gasteiger charge is -2.29. The maximum Gasteiger partial charge on any atom is 0.290 e. The fraction of sp³-hybridized carbons (Fsp3) is 0.385. The molecule has 0 spiro atoms. The number of nitrogens with zero attached hydrogens (tertiary/aromatic N) is 2. The van der Waals surface area contributed by atoms with Crippen LogP contribution in [0, 0.1) is 6.92 Å². The van der Waals surface area contributed by atoms with Crippen molar-refractivity contribution in [2.45, 2.75) is 19.4 Å². The zero-order valence-electron chi connectivity index (χ0n) is 19.0. The number of morpholine rings is 1. The van der Waals surface area contributed by atoms with E-state index in [9.17, 15) is 9.59 Å². The quantitative estimate of drug-likeness (QED) is 0.576. The molecule has 1 aromatic heterocycles. The van der Waals surface area contributed by atoms with Crippen LogP contribution >= 0.6 is 0 Å². The Hall–Kier alpha value is -3.16. The number of carbonyl (C=O) groups is 1. The van der Waals surface area contributed by atoms with Crippen LogP contribution in [0.25, 0.3) is 11.0 Å². The van der Waals surface area contributed by atoms with Crippen molar-refractivity contribution >= 4 is 16.9 Å². The molecule has 2 aliphatic rings. The average molecular weight is 449 g/mol. The minimum absolute atomic E-state index is 0.137. The summed E-state index contributed by atoms with van der Waals surface area (Å²) in [5, 5.41) is 0.453. The topological polar surface area (TPSA) is 72.2 Å². The van der Waals surface area contributed by atoms with Gasteiger partial charge in [-0.2, -0.15) is 0 Å². The number of hydrogen-bond acceptors (Lipinski definition) is 6. The van der Waals surface area contributed by atoms with Crippen LogP contribution in [-0.2, 0) is 4.74 Å². The van der Waals surface area contributed by atoms with Crippen molar-refractivity contribution in [2.75, 3.05) is 46.5 Å². The predicted molar refractivity (Wildman–Crippen MR) is 125 cm³/mol. The molecule has 1 atom stereocenters. The molecular formula is C26H28N2O5. The SMILES string of the molecule is COc1ccc2c(=O)c3c(oc2c1)C(=O)N(CCCN1CCOCC1)[C@@H]3c1ccc(C)cc1. The van der Waals surface area contributed by atoms with Gasteiger partial charge in [0.25, 0.3) is 5.91 Å². The molecule has 7 heteroatoms. The van der Waals surface area contributed by atoms with Crippen LogP contribution in [0.5, 0.6) is 5.75 Å². The number of benzene rings is 2. The summed E-state index contributed by atoms with van der Waals surface area (Å²) in [7, 11) is 1.56. The Morgan fingerprint density at radius 3 is 2.52 bits per heavy atom. The number of amides is 1. The van der Waals surface area contributed by atoms with Gasteiger partial charge in [-0.05, 0) is 31.0 Å². The number of aryl methyl sites for hydroxylation is 1. The lowest BCUT2D eigenvalue weighted by atomic mass is 9.97. The van der Waals surface area contributed by atoms with Crippen molar-refractivity contribution < 1.29 is 18.7 Å². The Morgan fingerprint density at radius 1 is 1.03 bits per heavy atom. The molecule has 1 saturated heterocycles. The Morgan fingerprint density at radius 2 is 1.79 bits per heavy atom. The molecule has 0 saturated carbocycles. The molecule has 2 aromatic carbocycles. The van der Waals surface area contributed by atoms with Crippen molar-refractivity contribution in [3.05, 3.63) is 75.1 Å². The molecule has 0 unspecified atom stereocenters. The maximum absolute atomic E-state index is 13.6. The molecule has 5 rings (SSSR count). The van der Waals surface area contributed by atoms with Gasteiger partial charge < -0.3 is 18.8 Å². The van der Waals surface area contributed by atoms with Crippen LogP contribution in [0.1, 0.15) is 39.7 Å². The molecule has 3 aromatic rings. The van der Waals surface area contributed by atoms with Gasteiger partial charge in [-0.15, -0.1) is 0 Å². The fourth-order valence-corrected chi connectivity index (χ4v) is 4.74. The largest absolute Gasteiger partial charge is 0.497 e. The summed E-state index contributed by atoms with van der Waals surface area (Å²) in [5.74, 6) is 0.477. The maximum atomic E-state index is 13.6. The monoisotopic (exact) mass is 448 g/mol. The number of hydrogen-bond donors (Lipinski definition) is 0. The van der Waals surface area contributed by atoms with Crippen molar-refractivity contribution in [3.8, 4) is 5.75 Å². The van der Waals surface area contributed by atoms with Gasteiger partial charge in [-0.1, -0.05) is 29.8 Å². The molecule has 2 aliphatic heterocycles. The van der Waals surface area contributed by atoms with Crippen molar-refractivity contribution in [1.82, 2.24) is 9.80 Å². The zero-order chi connectivity index (χ0) is 22.9. The minimum Gasteiger partial charge on any atom is -0.497 e. The normalized spacial score (nSPS) is 18.7. The van der Waals surface area contributed by atoms with Gasteiger partial charge in [0.2, 0.25) is 5.76 Å². The summed E-state index contributed by atoms with van der Waals surface area (Å²) in [6, 6.07) is 12.7. The van der Waals surface area contributed by atoms with Crippen LogP contribution in [0.2, 0.25) is 0 Å². The smallest absolute Gasteiger partial charge is 0.290 e. The molecule has 3 heterocycles. The highest BCUT2D eigenvalue weighted by Gasteiger charge is 2.42. The molecular weight excluding hydrogens is 420 g/mol. The molecule has 33 heavy (non-hydrogen) atoms. The van der Waals surface area contributed by atoms with Crippen LogP contribution in [-0.4, -0.2) is 62.2 Å². The summed E-state index contributed by atoms with van der Waals surface area (Å²) < 4.78 is 16.7. The third-order valence-electron chi connectivity index (χ3n) is 6.55. The van der Waals surface area contributed by atoms with Crippen LogP contribution < -0.4 is 10.2 Å². The lowest BCUT2D eigenvalue weighted by molar-refractivity contribution is 0.0353. The minimum atomic E-state index is -0.458.